The molecule has 0 saturated carbocycles. The van der Waals surface area contributed by atoms with Crippen LogP contribution in [0.2, 0.25) is 0 Å². The van der Waals surface area contributed by atoms with Crippen molar-refractivity contribution >= 4 is 37.1 Å². The van der Waals surface area contributed by atoms with Gasteiger partial charge in [-0.15, -0.1) is 0 Å². The second-order valence-corrected chi connectivity index (χ2v) is 14.0. The predicted octanol–water partition coefficient (Wildman–Crippen LogP) is 4.11. The Bertz CT molecular complexity index is 1640. The van der Waals surface area contributed by atoms with Gasteiger partial charge in [-0.3, -0.25) is 9.52 Å². The van der Waals surface area contributed by atoms with Crippen molar-refractivity contribution in [3.05, 3.63) is 75.5 Å². The van der Waals surface area contributed by atoms with Crippen LogP contribution < -0.4 is 10.0 Å². The fourth-order valence-corrected chi connectivity index (χ4v) is 6.49. The predicted molar refractivity (Wildman–Crippen MR) is 138 cm³/mol. The summed E-state index contributed by atoms with van der Waals surface area (Å²) in [6.07, 6.45) is 0.878. The number of carbonyl (C=O) groups is 1. The van der Waals surface area contributed by atoms with Crippen LogP contribution in [0, 0.1) is 18.2 Å². The van der Waals surface area contributed by atoms with Crippen LogP contribution in [0.5, 0.6) is 0 Å². The van der Waals surface area contributed by atoms with E-state index in [-0.39, 0.29) is 17.9 Å². The number of sulfone groups is 1. The third-order valence-electron chi connectivity index (χ3n) is 6.21. The Morgan fingerprint density at radius 1 is 1.13 bits per heavy atom. The van der Waals surface area contributed by atoms with Gasteiger partial charge in [0.1, 0.15) is 22.8 Å². The monoisotopic (exact) mass is 567 g/mol. The number of hydrogen-bond acceptors (Lipinski definition) is 7. The van der Waals surface area contributed by atoms with Crippen molar-refractivity contribution in [1.82, 2.24) is 4.90 Å². The number of rotatable bonds is 5. The summed E-state index contributed by atoms with van der Waals surface area (Å²) < 4.78 is 80.8. The Kier molecular flexibility index (Phi) is 6.59. The number of aliphatic hydroxyl groups is 1. The molecule has 0 saturated heterocycles. The van der Waals surface area contributed by atoms with Crippen LogP contribution >= 0.6 is 0 Å². The smallest absolute Gasteiger partial charge is 0.260 e. The lowest BCUT2D eigenvalue weighted by Crippen LogP contribution is -2.43. The zero-order chi connectivity index (χ0) is 28.4. The van der Waals surface area contributed by atoms with E-state index < -0.39 is 70.1 Å². The fraction of sp³-hybridized carbons (Fsp3) is 0.320. The zero-order valence-electron chi connectivity index (χ0n) is 21.3. The molecule has 0 aliphatic carbocycles. The standard InChI is InChI=1S/C25H27F2N3O6S2/c1-13-10-14(6-8-16(13)26)12-30-22(25(2,3)4)21(31)19(24(30)32)20-23(27)38(35,36)18-11-15(29-37(5,33)34)7-9-17(18)28-20/h6-11,22,28-29,31H,12H2,1-5H3/t22-/m1/s1. The van der Waals surface area contributed by atoms with Crippen LogP contribution in [-0.4, -0.2) is 45.0 Å². The molecule has 2 aromatic rings. The van der Waals surface area contributed by atoms with Crippen LogP contribution in [0.3, 0.4) is 0 Å². The molecule has 0 bridgehead atoms. The van der Waals surface area contributed by atoms with Gasteiger partial charge in [0.25, 0.3) is 5.91 Å². The summed E-state index contributed by atoms with van der Waals surface area (Å²) in [5.41, 5.74) is -1.27. The molecule has 9 nitrogen and oxygen atoms in total. The maximum absolute atomic E-state index is 15.6. The summed E-state index contributed by atoms with van der Waals surface area (Å²) in [5.74, 6) is -1.74. The molecule has 4 rings (SSSR count). The lowest BCUT2D eigenvalue weighted by molar-refractivity contribution is -0.129. The van der Waals surface area contributed by atoms with Crippen molar-refractivity contribution in [1.29, 1.82) is 0 Å². The van der Waals surface area contributed by atoms with Crippen molar-refractivity contribution in [2.45, 2.75) is 45.2 Å². The molecule has 1 atom stereocenters. The number of aryl methyl sites for hydroxylation is 1. The van der Waals surface area contributed by atoms with Gasteiger partial charge >= 0.3 is 0 Å². The molecule has 2 heterocycles. The van der Waals surface area contributed by atoms with Gasteiger partial charge in [-0.25, -0.2) is 21.2 Å². The Balaban J connectivity index is 1.80. The number of nitrogens with zero attached hydrogens (tertiary/aromatic N) is 1. The number of halogens is 2. The highest BCUT2D eigenvalue weighted by atomic mass is 32.2. The van der Waals surface area contributed by atoms with Gasteiger partial charge in [-0.05, 0) is 47.7 Å². The SMILES string of the molecule is Cc1cc(CN2C(=O)C(C3=C(F)S(=O)(=O)c4cc(NS(C)(=O)=O)ccc4N3)=C(O)[C@@H]2C(C)(C)C)ccc1F. The van der Waals surface area contributed by atoms with Crippen LogP contribution in [0.25, 0.3) is 0 Å². The molecule has 1 amide bonds. The second-order valence-electron chi connectivity index (χ2n) is 10.4. The first-order chi connectivity index (χ1) is 17.4. The molecule has 0 spiro atoms. The lowest BCUT2D eigenvalue weighted by atomic mass is 9.85. The van der Waals surface area contributed by atoms with E-state index in [9.17, 15) is 31.1 Å². The van der Waals surface area contributed by atoms with Crippen molar-refractivity contribution in [3.8, 4) is 0 Å². The number of benzene rings is 2. The number of hydrogen-bond donors (Lipinski definition) is 3. The number of aliphatic hydroxyl groups excluding tert-OH is 1. The average Bonchev–Trinajstić information content (AvgIpc) is 3.02. The highest BCUT2D eigenvalue weighted by molar-refractivity contribution is 7.95. The summed E-state index contributed by atoms with van der Waals surface area (Å²) in [4.78, 5) is 14.4. The van der Waals surface area contributed by atoms with E-state index in [1.165, 1.54) is 29.2 Å². The van der Waals surface area contributed by atoms with Crippen molar-refractivity contribution in [2.24, 2.45) is 5.41 Å². The first-order valence-corrected chi connectivity index (χ1v) is 14.8. The van der Waals surface area contributed by atoms with E-state index in [2.05, 4.69) is 10.0 Å². The molecule has 2 aliphatic heterocycles. The van der Waals surface area contributed by atoms with E-state index in [1.54, 1.807) is 33.8 Å². The Morgan fingerprint density at radius 3 is 2.37 bits per heavy atom. The van der Waals surface area contributed by atoms with Gasteiger partial charge in [-0.1, -0.05) is 32.9 Å². The molecular formula is C25H27F2N3O6S2. The number of fused-ring (bicyclic) bond motifs is 1. The van der Waals surface area contributed by atoms with Crippen LogP contribution in [-0.2, 0) is 31.2 Å². The number of carbonyl (C=O) groups excluding carboxylic acids is 1. The lowest BCUT2D eigenvalue weighted by Gasteiger charge is -2.35. The average molecular weight is 568 g/mol. The minimum absolute atomic E-state index is 0.0474. The summed E-state index contributed by atoms with van der Waals surface area (Å²) in [6.45, 7) is 6.80. The van der Waals surface area contributed by atoms with E-state index >= 15 is 4.39 Å². The van der Waals surface area contributed by atoms with Gasteiger partial charge in [0.15, 0.2) is 0 Å². The van der Waals surface area contributed by atoms with Gasteiger partial charge < -0.3 is 15.3 Å². The molecule has 2 aromatic carbocycles. The number of amides is 1. The molecule has 0 aromatic heterocycles. The Labute approximate surface area is 219 Å². The minimum Gasteiger partial charge on any atom is -0.509 e. The molecule has 0 fully saturated rings. The largest absolute Gasteiger partial charge is 0.509 e. The summed E-state index contributed by atoms with van der Waals surface area (Å²) in [5, 5.41) is 12.1. The topological polar surface area (TPSA) is 133 Å². The van der Waals surface area contributed by atoms with Gasteiger partial charge in [0.05, 0.1) is 22.9 Å². The molecule has 2 aliphatic rings. The van der Waals surface area contributed by atoms with E-state index in [0.717, 1.165) is 12.3 Å². The van der Waals surface area contributed by atoms with Crippen molar-refractivity contribution in [2.75, 3.05) is 16.3 Å². The summed E-state index contributed by atoms with van der Waals surface area (Å²) in [6, 6.07) is 6.82. The first-order valence-electron chi connectivity index (χ1n) is 11.4. The Hall–Kier alpha value is -3.45. The zero-order valence-corrected chi connectivity index (χ0v) is 22.9. The third kappa shape index (κ3) is 4.87. The highest BCUT2D eigenvalue weighted by Crippen LogP contribution is 2.44. The van der Waals surface area contributed by atoms with Crippen LogP contribution in [0.15, 0.2) is 63.5 Å². The molecule has 204 valence electrons. The summed E-state index contributed by atoms with van der Waals surface area (Å²) in [7, 11) is -8.55. The van der Waals surface area contributed by atoms with Gasteiger partial charge in [0, 0.05) is 12.2 Å². The Morgan fingerprint density at radius 2 is 1.79 bits per heavy atom. The highest BCUT2D eigenvalue weighted by Gasteiger charge is 2.49. The van der Waals surface area contributed by atoms with E-state index in [1.807, 2.05) is 0 Å². The molecule has 3 N–H and O–H groups in total. The number of anilines is 2. The van der Waals surface area contributed by atoms with Crippen molar-refractivity contribution in [3.63, 3.8) is 0 Å². The van der Waals surface area contributed by atoms with E-state index in [4.69, 9.17) is 0 Å². The van der Waals surface area contributed by atoms with Gasteiger partial charge in [0.2, 0.25) is 25.0 Å². The molecule has 0 unspecified atom stereocenters. The quantitative estimate of drug-likeness (QED) is 0.495. The van der Waals surface area contributed by atoms with E-state index in [0.29, 0.717) is 11.1 Å². The maximum atomic E-state index is 15.6. The molecule has 38 heavy (non-hydrogen) atoms. The number of nitrogens with one attached hydrogen (secondary N) is 2. The fourth-order valence-electron chi connectivity index (χ4n) is 4.63. The van der Waals surface area contributed by atoms with Crippen molar-refractivity contribution < 1.29 is 35.5 Å². The molecule has 0 radical (unpaired) electrons. The van der Waals surface area contributed by atoms with Crippen LogP contribution in [0.1, 0.15) is 31.9 Å². The third-order valence-corrected chi connectivity index (χ3v) is 8.41. The molecule has 13 heteroatoms. The second kappa shape index (κ2) is 9.09. The molecular weight excluding hydrogens is 540 g/mol. The first kappa shape index (κ1) is 27.6. The minimum atomic E-state index is -4.81. The number of sulfonamides is 1. The normalized spacial score (nSPS) is 19.5. The maximum Gasteiger partial charge on any atom is 0.260 e. The summed E-state index contributed by atoms with van der Waals surface area (Å²) >= 11 is 0. The van der Waals surface area contributed by atoms with Crippen LogP contribution in [0.4, 0.5) is 20.2 Å². The van der Waals surface area contributed by atoms with Gasteiger partial charge in [-0.2, -0.15) is 4.39 Å².